The fourth-order valence-electron chi connectivity index (χ4n) is 2.61. The van der Waals surface area contributed by atoms with Gasteiger partial charge in [0, 0.05) is 30.7 Å². The number of nitrogens with zero attached hydrogens (tertiary/aromatic N) is 2. The third-order valence-corrected chi connectivity index (χ3v) is 3.68. The van der Waals surface area contributed by atoms with Gasteiger partial charge >= 0.3 is 0 Å². The quantitative estimate of drug-likeness (QED) is 0.780. The fourth-order valence-corrected chi connectivity index (χ4v) is 2.61. The van der Waals surface area contributed by atoms with Gasteiger partial charge in [0.15, 0.2) is 0 Å². The van der Waals surface area contributed by atoms with Crippen molar-refractivity contribution in [2.45, 2.75) is 13.0 Å². The molecule has 2 heterocycles. The summed E-state index contributed by atoms with van der Waals surface area (Å²) < 4.78 is 15.4. The predicted molar refractivity (Wildman–Crippen MR) is 86.7 cm³/mol. The van der Waals surface area contributed by atoms with Crippen molar-refractivity contribution in [2.24, 2.45) is 5.73 Å². The van der Waals surface area contributed by atoms with E-state index in [1.165, 1.54) is 12.1 Å². The van der Waals surface area contributed by atoms with E-state index in [2.05, 4.69) is 21.8 Å². The number of nitrogens with two attached hydrogens (primary N) is 1. The number of rotatable bonds is 5. The summed E-state index contributed by atoms with van der Waals surface area (Å²) in [4.78, 5) is 4.07. The summed E-state index contributed by atoms with van der Waals surface area (Å²) >= 11 is 0. The van der Waals surface area contributed by atoms with Crippen LogP contribution < -0.4 is 5.73 Å². The Hall–Kier alpha value is -2.46. The van der Waals surface area contributed by atoms with Crippen LogP contribution in [0, 0.1) is 5.82 Å². The molecule has 0 atom stereocenters. The molecule has 0 aliphatic carbocycles. The molecule has 3 rings (SSSR count). The van der Waals surface area contributed by atoms with Crippen molar-refractivity contribution in [1.82, 2.24) is 9.55 Å². The molecule has 0 aliphatic heterocycles. The minimum atomic E-state index is -0.228. The van der Waals surface area contributed by atoms with Gasteiger partial charge in [-0.1, -0.05) is 0 Å². The monoisotopic (exact) mass is 295 g/mol. The standard InChI is InChI=1S/C18H18FN3/c19-16-4-2-15(3-5-16)18-17(14-6-10-21-11-7-14)8-13-22(18)12-1-9-20/h2-8,10-11,13H,1,9,12,20H2. The van der Waals surface area contributed by atoms with Crippen LogP contribution in [-0.2, 0) is 6.54 Å². The zero-order valence-corrected chi connectivity index (χ0v) is 12.2. The number of benzene rings is 1. The molecule has 3 nitrogen and oxygen atoms in total. The maximum absolute atomic E-state index is 13.2. The average molecular weight is 295 g/mol. The summed E-state index contributed by atoms with van der Waals surface area (Å²) in [6, 6.07) is 12.7. The topological polar surface area (TPSA) is 43.8 Å². The van der Waals surface area contributed by atoms with Crippen LogP contribution in [0.2, 0.25) is 0 Å². The highest BCUT2D eigenvalue weighted by Crippen LogP contribution is 2.33. The van der Waals surface area contributed by atoms with Crippen LogP contribution in [0.25, 0.3) is 22.4 Å². The zero-order valence-electron chi connectivity index (χ0n) is 12.2. The second-order valence-electron chi connectivity index (χ2n) is 5.16. The van der Waals surface area contributed by atoms with Crippen LogP contribution in [0.15, 0.2) is 61.1 Å². The Morgan fingerprint density at radius 1 is 0.955 bits per heavy atom. The van der Waals surface area contributed by atoms with E-state index in [9.17, 15) is 4.39 Å². The van der Waals surface area contributed by atoms with Crippen molar-refractivity contribution >= 4 is 0 Å². The molecular weight excluding hydrogens is 277 g/mol. The van der Waals surface area contributed by atoms with Gasteiger partial charge in [0.2, 0.25) is 0 Å². The number of aryl methyl sites for hydroxylation is 1. The summed E-state index contributed by atoms with van der Waals surface area (Å²) in [6.07, 6.45) is 6.52. The van der Waals surface area contributed by atoms with Crippen LogP contribution in [0.4, 0.5) is 4.39 Å². The van der Waals surface area contributed by atoms with Crippen LogP contribution in [0.1, 0.15) is 6.42 Å². The molecule has 0 radical (unpaired) electrons. The Morgan fingerprint density at radius 2 is 1.68 bits per heavy atom. The Balaban J connectivity index is 2.11. The van der Waals surface area contributed by atoms with Crippen molar-refractivity contribution in [3.05, 3.63) is 66.9 Å². The number of hydrogen-bond acceptors (Lipinski definition) is 2. The molecule has 0 bridgehead atoms. The lowest BCUT2D eigenvalue weighted by atomic mass is 10.0. The first kappa shape index (κ1) is 14.5. The molecule has 2 aromatic heterocycles. The van der Waals surface area contributed by atoms with Gasteiger partial charge in [0.1, 0.15) is 5.82 Å². The highest BCUT2D eigenvalue weighted by molar-refractivity contribution is 5.81. The highest BCUT2D eigenvalue weighted by Gasteiger charge is 2.13. The lowest BCUT2D eigenvalue weighted by molar-refractivity contribution is 0.627. The van der Waals surface area contributed by atoms with Crippen LogP contribution >= 0.6 is 0 Å². The molecule has 0 saturated carbocycles. The molecule has 0 spiro atoms. The van der Waals surface area contributed by atoms with Crippen LogP contribution in [-0.4, -0.2) is 16.1 Å². The SMILES string of the molecule is NCCCn1ccc(-c2ccncc2)c1-c1ccc(F)cc1. The molecule has 22 heavy (non-hydrogen) atoms. The molecule has 4 heteroatoms. The summed E-state index contributed by atoms with van der Waals surface area (Å²) in [6.45, 7) is 1.49. The zero-order chi connectivity index (χ0) is 15.4. The molecule has 0 saturated heterocycles. The van der Waals surface area contributed by atoms with E-state index in [1.54, 1.807) is 12.4 Å². The van der Waals surface area contributed by atoms with E-state index < -0.39 is 0 Å². The second-order valence-corrected chi connectivity index (χ2v) is 5.16. The Kier molecular flexibility index (Phi) is 4.30. The van der Waals surface area contributed by atoms with E-state index >= 15 is 0 Å². The summed E-state index contributed by atoms with van der Waals surface area (Å²) in [7, 11) is 0. The fraction of sp³-hybridized carbons (Fsp3) is 0.167. The van der Waals surface area contributed by atoms with E-state index in [1.807, 2.05) is 24.3 Å². The number of aromatic nitrogens is 2. The van der Waals surface area contributed by atoms with Gasteiger partial charge in [-0.15, -0.1) is 0 Å². The molecular formula is C18H18FN3. The predicted octanol–water partition coefficient (Wildman–Crippen LogP) is 3.71. The lowest BCUT2D eigenvalue weighted by Gasteiger charge is -2.12. The van der Waals surface area contributed by atoms with Crippen molar-refractivity contribution in [2.75, 3.05) is 6.54 Å². The first-order chi connectivity index (χ1) is 10.8. The Labute approximate surface area is 129 Å². The number of hydrogen-bond donors (Lipinski definition) is 1. The Bertz CT molecular complexity index is 733. The van der Waals surface area contributed by atoms with E-state index in [-0.39, 0.29) is 5.82 Å². The van der Waals surface area contributed by atoms with Crippen LogP contribution in [0.5, 0.6) is 0 Å². The molecule has 0 fully saturated rings. The third kappa shape index (κ3) is 2.92. The number of halogens is 1. The minimum absolute atomic E-state index is 0.228. The van der Waals surface area contributed by atoms with Crippen molar-refractivity contribution in [3.63, 3.8) is 0 Å². The largest absolute Gasteiger partial charge is 0.347 e. The average Bonchev–Trinajstić information content (AvgIpc) is 2.98. The van der Waals surface area contributed by atoms with Crippen LogP contribution in [0.3, 0.4) is 0 Å². The van der Waals surface area contributed by atoms with Crippen molar-refractivity contribution < 1.29 is 4.39 Å². The molecule has 1 aromatic carbocycles. The second kappa shape index (κ2) is 6.54. The van der Waals surface area contributed by atoms with Crippen molar-refractivity contribution in [1.29, 1.82) is 0 Å². The summed E-state index contributed by atoms with van der Waals surface area (Å²) in [5, 5.41) is 0. The van der Waals surface area contributed by atoms with Gasteiger partial charge < -0.3 is 10.3 Å². The van der Waals surface area contributed by atoms with Gasteiger partial charge in [0.05, 0.1) is 5.69 Å². The van der Waals surface area contributed by atoms with Gasteiger partial charge in [-0.05, 0) is 66.6 Å². The molecule has 0 aliphatic rings. The van der Waals surface area contributed by atoms with Crippen molar-refractivity contribution in [3.8, 4) is 22.4 Å². The summed E-state index contributed by atoms with van der Waals surface area (Å²) in [5.74, 6) is -0.228. The summed E-state index contributed by atoms with van der Waals surface area (Å²) in [5.41, 5.74) is 9.92. The molecule has 112 valence electrons. The third-order valence-electron chi connectivity index (χ3n) is 3.68. The maximum atomic E-state index is 13.2. The smallest absolute Gasteiger partial charge is 0.123 e. The molecule has 0 amide bonds. The van der Waals surface area contributed by atoms with E-state index in [0.717, 1.165) is 35.3 Å². The lowest BCUT2D eigenvalue weighted by Crippen LogP contribution is -2.06. The highest BCUT2D eigenvalue weighted by atomic mass is 19.1. The van der Waals surface area contributed by atoms with E-state index in [0.29, 0.717) is 6.54 Å². The maximum Gasteiger partial charge on any atom is 0.123 e. The first-order valence-electron chi connectivity index (χ1n) is 7.35. The van der Waals surface area contributed by atoms with E-state index in [4.69, 9.17) is 5.73 Å². The first-order valence-corrected chi connectivity index (χ1v) is 7.35. The van der Waals surface area contributed by atoms with Gasteiger partial charge in [-0.3, -0.25) is 4.98 Å². The molecule has 0 unspecified atom stereocenters. The molecule has 2 N–H and O–H groups in total. The Morgan fingerprint density at radius 3 is 2.36 bits per heavy atom. The van der Waals surface area contributed by atoms with Gasteiger partial charge in [-0.2, -0.15) is 0 Å². The molecule has 3 aromatic rings. The normalized spacial score (nSPS) is 10.8. The van der Waals surface area contributed by atoms with Gasteiger partial charge in [-0.25, -0.2) is 4.39 Å². The minimum Gasteiger partial charge on any atom is -0.347 e. The van der Waals surface area contributed by atoms with Gasteiger partial charge in [0.25, 0.3) is 0 Å². The number of pyridine rings is 1.